The van der Waals surface area contributed by atoms with E-state index in [1.807, 2.05) is 62.4 Å². The molecule has 0 heterocycles. The van der Waals surface area contributed by atoms with E-state index in [0.717, 1.165) is 22.3 Å². The predicted octanol–water partition coefficient (Wildman–Crippen LogP) is 4.01. The molecule has 0 spiro atoms. The van der Waals surface area contributed by atoms with Crippen molar-refractivity contribution in [2.24, 2.45) is 5.92 Å². The first-order chi connectivity index (χ1) is 12.6. The molecule has 1 unspecified atom stereocenters. The number of carbonyl (C=O) groups excluding carboxylic acids is 1. The van der Waals surface area contributed by atoms with Crippen LogP contribution in [0.25, 0.3) is 0 Å². The summed E-state index contributed by atoms with van der Waals surface area (Å²) < 4.78 is 38.0. The molecule has 0 radical (unpaired) electrons. The Kier molecular flexibility index (Phi) is 3.61. The van der Waals surface area contributed by atoms with Gasteiger partial charge in [-0.25, -0.2) is 0 Å². The van der Waals surface area contributed by atoms with E-state index in [-0.39, 0.29) is 6.08 Å². The fourth-order valence-electron chi connectivity index (χ4n) is 5.03. The van der Waals surface area contributed by atoms with E-state index in [1.54, 1.807) is 0 Å². The number of fused-ring (bicyclic) bond motifs is 1. The van der Waals surface area contributed by atoms with Crippen LogP contribution in [0.2, 0.25) is 0 Å². The van der Waals surface area contributed by atoms with Gasteiger partial charge in [0.05, 0.1) is 0 Å². The number of benzene rings is 2. The van der Waals surface area contributed by atoms with Gasteiger partial charge in [0.25, 0.3) is 0 Å². The zero-order chi connectivity index (χ0) is 19.6. The Labute approximate surface area is 155 Å². The van der Waals surface area contributed by atoms with Crippen molar-refractivity contribution in [1.29, 1.82) is 0 Å². The predicted molar refractivity (Wildman–Crippen MR) is 93.0 cm³/mol. The molecule has 2 bridgehead atoms. The Hall–Kier alpha value is -2.56. The third-order valence-corrected chi connectivity index (χ3v) is 6.37. The summed E-state index contributed by atoms with van der Waals surface area (Å²) in [5.41, 5.74) is 2.83. The highest BCUT2D eigenvalue weighted by Gasteiger charge is 2.57. The van der Waals surface area contributed by atoms with Gasteiger partial charge in [0, 0.05) is 16.7 Å². The van der Waals surface area contributed by atoms with Gasteiger partial charge in [-0.1, -0.05) is 62.4 Å². The molecule has 3 aliphatic carbocycles. The quantitative estimate of drug-likeness (QED) is 0.591. The van der Waals surface area contributed by atoms with Crippen LogP contribution in [0.1, 0.15) is 42.5 Å². The zero-order valence-corrected chi connectivity index (χ0v) is 14.9. The maximum atomic E-state index is 12.8. The monoisotopic (exact) mass is 371 g/mol. The Morgan fingerprint density at radius 3 is 1.89 bits per heavy atom. The molecule has 2 aromatic carbocycles. The number of rotatable bonds is 2. The van der Waals surface area contributed by atoms with Gasteiger partial charge in [0.15, 0.2) is 5.78 Å². The first-order valence-corrected chi connectivity index (χ1v) is 8.80. The van der Waals surface area contributed by atoms with Gasteiger partial charge >= 0.3 is 6.18 Å². The molecule has 0 amide bonds. The van der Waals surface area contributed by atoms with Crippen LogP contribution in [0.5, 0.6) is 0 Å². The van der Waals surface area contributed by atoms with Crippen LogP contribution >= 0.6 is 0 Å². The van der Waals surface area contributed by atoms with Gasteiger partial charge < -0.3 is 5.11 Å². The van der Waals surface area contributed by atoms with Crippen molar-refractivity contribution in [2.45, 2.75) is 37.3 Å². The fourth-order valence-corrected chi connectivity index (χ4v) is 5.03. The standard InChI is InChI=1S/C22H19F3O2/c1-20-12-17(18(26)11-19(27)22(23,24)25)21(2,15-9-5-3-7-13(15)20)16-10-6-4-8-14(16)20/h3-11,17,27H,12H2,1-2H3/p-1/b19-11-. The highest BCUT2D eigenvalue weighted by molar-refractivity contribution is 5.95. The van der Waals surface area contributed by atoms with E-state index in [0.29, 0.717) is 6.42 Å². The van der Waals surface area contributed by atoms with Crippen molar-refractivity contribution >= 4 is 5.78 Å². The molecular formula is C22H18F3O2-. The van der Waals surface area contributed by atoms with Gasteiger partial charge in [-0.05, 0) is 40.5 Å². The van der Waals surface area contributed by atoms with Crippen molar-refractivity contribution in [3.05, 3.63) is 82.6 Å². The fraction of sp³-hybridized carbons (Fsp3) is 0.318. The number of alkyl halides is 3. The van der Waals surface area contributed by atoms with Crippen molar-refractivity contribution < 1.29 is 23.1 Å². The lowest BCUT2D eigenvalue weighted by Crippen LogP contribution is -2.54. The molecule has 0 saturated carbocycles. The van der Waals surface area contributed by atoms with E-state index >= 15 is 0 Å². The molecular weight excluding hydrogens is 353 g/mol. The van der Waals surface area contributed by atoms with Crippen LogP contribution < -0.4 is 5.11 Å². The van der Waals surface area contributed by atoms with Crippen molar-refractivity contribution in [3.8, 4) is 0 Å². The zero-order valence-electron chi connectivity index (χ0n) is 14.9. The highest BCUT2D eigenvalue weighted by atomic mass is 19.4. The minimum Gasteiger partial charge on any atom is -0.869 e. The first kappa shape index (κ1) is 17.8. The van der Waals surface area contributed by atoms with Gasteiger partial charge in [-0.2, -0.15) is 13.2 Å². The number of halogens is 3. The van der Waals surface area contributed by atoms with Crippen molar-refractivity contribution in [2.75, 3.05) is 0 Å². The maximum Gasteiger partial charge on any atom is 0.402 e. The van der Waals surface area contributed by atoms with Gasteiger partial charge in [0.1, 0.15) is 0 Å². The molecule has 5 rings (SSSR count). The minimum absolute atomic E-state index is 0.241. The molecule has 0 saturated heterocycles. The summed E-state index contributed by atoms with van der Waals surface area (Å²) in [6.45, 7) is 3.92. The molecule has 0 aromatic heterocycles. The molecule has 2 aromatic rings. The summed E-state index contributed by atoms with van der Waals surface area (Å²) in [5, 5.41) is 11.4. The van der Waals surface area contributed by atoms with Crippen molar-refractivity contribution in [3.63, 3.8) is 0 Å². The molecule has 27 heavy (non-hydrogen) atoms. The van der Waals surface area contributed by atoms with E-state index in [4.69, 9.17) is 0 Å². The molecule has 0 fully saturated rings. The summed E-state index contributed by atoms with van der Waals surface area (Å²) in [5.74, 6) is -3.57. The lowest BCUT2D eigenvalue weighted by atomic mass is 9.45. The third-order valence-electron chi connectivity index (χ3n) is 6.37. The molecule has 1 atom stereocenters. The van der Waals surface area contributed by atoms with E-state index in [2.05, 4.69) is 0 Å². The number of ketones is 1. The van der Waals surface area contributed by atoms with Crippen LogP contribution in [-0.2, 0) is 15.6 Å². The third kappa shape index (κ3) is 2.30. The second-order valence-corrected chi connectivity index (χ2v) is 7.79. The number of carbonyl (C=O) groups is 1. The number of allylic oxidation sites excluding steroid dienone is 2. The topological polar surface area (TPSA) is 40.1 Å². The average molecular weight is 371 g/mol. The van der Waals surface area contributed by atoms with Crippen LogP contribution in [0.15, 0.2) is 60.4 Å². The number of hydrogen-bond acceptors (Lipinski definition) is 2. The summed E-state index contributed by atoms with van der Waals surface area (Å²) in [7, 11) is 0. The summed E-state index contributed by atoms with van der Waals surface area (Å²) in [4.78, 5) is 12.8. The normalized spacial score (nSPS) is 29.2. The second kappa shape index (κ2) is 5.47. The van der Waals surface area contributed by atoms with Gasteiger partial charge in [-0.15, -0.1) is 0 Å². The molecule has 140 valence electrons. The Balaban J connectivity index is 1.93. The Bertz CT molecular complexity index is 924. The Morgan fingerprint density at radius 1 is 1.00 bits per heavy atom. The van der Waals surface area contributed by atoms with Crippen molar-refractivity contribution in [1.82, 2.24) is 0 Å². The molecule has 0 N–H and O–H groups in total. The highest BCUT2D eigenvalue weighted by Crippen LogP contribution is 2.61. The van der Waals surface area contributed by atoms with E-state index in [9.17, 15) is 23.1 Å². The molecule has 3 aliphatic rings. The van der Waals surface area contributed by atoms with Gasteiger partial charge in [-0.3, -0.25) is 4.79 Å². The SMILES string of the molecule is CC12CC(C(=O)/C=C(\[O-])C(F)(F)F)C(C)(c3ccccc31)c1ccccc12. The van der Waals surface area contributed by atoms with Crippen LogP contribution in [-0.4, -0.2) is 12.0 Å². The molecule has 2 nitrogen and oxygen atoms in total. The maximum absolute atomic E-state index is 12.8. The van der Waals surface area contributed by atoms with E-state index < -0.39 is 34.5 Å². The molecule has 0 aliphatic heterocycles. The van der Waals surface area contributed by atoms with Crippen LogP contribution in [0, 0.1) is 5.92 Å². The number of hydrogen-bond donors (Lipinski definition) is 0. The molecule has 5 heteroatoms. The average Bonchev–Trinajstić information content (AvgIpc) is 2.63. The van der Waals surface area contributed by atoms with Crippen LogP contribution in [0.4, 0.5) is 13.2 Å². The largest absolute Gasteiger partial charge is 0.869 e. The summed E-state index contributed by atoms with van der Waals surface area (Å²) >= 11 is 0. The minimum atomic E-state index is -5.04. The van der Waals surface area contributed by atoms with E-state index in [1.165, 1.54) is 0 Å². The summed E-state index contributed by atoms with van der Waals surface area (Å²) in [6.07, 6.45) is -4.42. The van der Waals surface area contributed by atoms with Crippen LogP contribution in [0.3, 0.4) is 0 Å². The summed E-state index contributed by atoms with van der Waals surface area (Å²) in [6, 6.07) is 15.6. The van der Waals surface area contributed by atoms with Gasteiger partial charge in [0.2, 0.25) is 0 Å². The Morgan fingerprint density at radius 2 is 1.44 bits per heavy atom. The smallest absolute Gasteiger partial charge is 0.402 e. The lowest BCUT2D eigenvalue weighted by Gasteiger charge is -2.56. The first-order valence-electron chi connectivity index (χ1n) is 8.80. The second-order valence-electron chi connectivity index (χ2n) is 7.79. The lowest BCUT2D eigenvalue weighted by molar-refractivity contribution is -0.360.